The zero-order valence-electron chi connectivity index (χ0n) is 9.47. The second-order valence-corrected chi connectivity index (χ2v) is 4.73. The second kappa shape index (κ2) is 6.38. The average Bonchev–Trinajstić information content (AvgIpc) is 2.11. The van der Waals surface area contributed by atoms with Gasteiger partial charge in [0, 0.05) is 18.6 Å². The molecule has 0 unspecified atom stereocenters. The molecule has 0 aromatic heterocycles. The summed E-state index contributed by atoms with van der Waals surface area (Å²) in [5, 5.41) is 3.36. The predicted molar refractivity (Wildman–Crippen MR) is 57.5 cm³/mol. The van der Waals surface area contributed by atoms with Crippen LogP contribution in [0.3, 0.4) is 0 Å². The highest BCUT2D eigenvalue weighted by Crippen LogP contribution is 2.16. The first-order valence-corrected chi connectivity index (χ1v) is 5.57. The number of rotatable bonds is 0. The summed E-state index contributed by atoms with van der Waals surface area (Å²) >= 11 is 0. The first kappa shape index (κ1) is 12.0. The van der Waals surface area contributed by atoms with Crippen molar-refractivity contribution in [2.75, 3.05) is 39.5 Å². The maximum Gasteiger partial charge on any atom is 0.0539 e. The predicted octanol–water partition coefficient (Wildman–Crippen LogP) is 1.43. The molecule has 0 spiro atoms. The van der Waals surface area contributed by atoms with E-state index < -0.39 is 0 Å². The van der Waals surface area contributed by atoms with E-state index in [1.165, 1.54) is 0 Å². The van der Waals surface area contributed by atoms with Crippen LogP contribution in [0, 0.1) is 5.41 Å². The van der Waals surface area contributed by atoms with Gasteiger partial charge in [-0.2, -0.15) is 0 Å². The molecule has 1 aliphatic rings. The molecule has 3 heteroatoms. The molecule has 1 N–H and O–H groups in total. The van der Waals surface area contributed by atoms with Gasteiger partial charge in [-0.25, -0.2) is 0 Å². The van der Waals surface area contributed by atoms with Crippen LogP contribution >= 0.6 is 0 Å². The summed E-state index contributed by atoms with van der Waals surface area (Å²) < 4.78 is 11.2. The van der Waals surface area contributed by atoms with E-state index >= 15 is 0 Å². The number of nitrogens with one attached hydrogen (secondary N) is 1. The molecule has 1 fully saturated rings. The van der Waals surface area contributed by atoms with E-state index in [1.54, 1.807) is 0 Å². The highest BCUT2D eigenvalue weighted by Gasteiger charge is 2.18. The van der Waals surface area contributed by atoms with Crippen molar-refractivity contribution in [3.63, 3.8) is 0 Å². The summed E-state index contributed by atoms with van der Waals surface area (Å²) in [5.74, 6) is 0. The van der Waals surface area contributed by atoms with Crippen molar-refractivity contribution in [2.24, 2.45) is 5.41 Å². The summed E-state index contributed by atoms with van der Waals surface area (Å²) in [6.45, 7) is 9.81. The van der Waals surface area contributed by atoms with Crippen molar-refractivity contribution in [3.05, 3.63) is 0 Å². The fourth-order valence-corrected chi connectivity index (χ4v) is 1.46. The zero-order valence-corrected chi connectivity index (χ0v) is 9.47. The van der Waals surface area contributed by atoms with Gasteiger partial charge in [0.15, 0.2) is 0 Å². The van der Waals surface area contributed by atoms with E-state index in [2.05, 4.69) is 19.2 Å². The quantitative estimate of drug-likeness (QED) is 0.643. The normalized spacial score (nSPS) is 26.1. The van der Waals surface area contributed by atoms with Crippen LogP contribution in [0.2, 0.25) is 0 Å². The smallest absolute Gasteiger partial charge is 0.0539 e. The maximum absolute atomic E-state index is 5.60. The summed E-state index contributed by atoms with van der Waals surface area (Å²) in [4.78, 5) is 0. The van der Waals surface area contributed by atoms with E-state index in [0.717, 1.165) is 52.4 Å². The van der Waals surface area contributed by atoms with Crippen LogP contribution in [0.4, 0.5) is 0 Å². The molecule has 1 aliphatic heterocycles. The third-order valence-corrected chi connectivity index (χ3v) is 2.27. The standard InChI is InChI=1S/C11H23NO2/c1-11(2)9-13-7-3-5-12-6-4-8-14-10-11/h12H,3-10H2,1-2H3. The number of hydrogen-bond donors (Lipinski definition) is 1. The molecule has 84 valence electrons. The molecule has 0 aliphatic carbocycles. The average molecular weight is 201 g/mol. The second-order valence-electron chi connectivity index (χ2n) is 4.73. The summed E-state index contributed by atoms with van der Waals surface area (Å²) in [7, 11) is 0. The fourth-order valence-electron chi connectivity index (χ4n) is 1.46. The Balaban J connectivity index is 2.24. The molecule has 0 atom stereocenters. The van der Waals surface area contributed by atoms with Crippen molar-refractivity contribution in [3.8, 4) is 0 Å². The van der Waals surface area contributed by atoms with Gasteiger partial charge in [-0.15, -0.1) is 0 Å². The lowest BCUT2D eigenvalue weighted by Crippen LogP contribution is -2.28. The third-order valence-electron chi connectivity index (χ3n) is 2.27. The van der Waals surface area contributed by atoms with E-state index in [9.17, 15) is 0 Å². The van der Waals surface area contributed by atoms with Crippen LogP contribution in [-0.2, 0) is 9.47 Å². The lowest BCUT2D eigenvalue weighted by atomic mass is 9.96. The van der Waals surface area contributed by atoms with Crippen molar-refractivity contribution < 1.29 is 9.47 Å². The largest absolute Gasteiger partial charge is 0.381 e. The van der Waals surface area contributed by atoms with E-state index in [0.29, 0.717) is 0 Å². The zero-order chi connectivity index (χ0) is 10.3. The van der Waals surface area contributed by atoms with Crippen molar-refractivity contribution in [1.29, 1.82) is 0 Å². The molecular weight excluding hydrogens is 178 g/mol. The summed E-state index contributed by atoms with van der Waals surface area (Å²) in [6.07, 6.45) is 2.22. The first-order chi connectivity index (χ1) is 6.71. The minimum atomic E-state index is 0.159. The SMILES string of the molecule is CC1(C)COCCCNCCCOC1. The van der Waals surface area contributed by atoms with Gasteiger partial charge in [0.2, 0.25) is 0 Å². The van der Waals surface area contributed by atoms with Crippen molar-refractivity contribution in [1.82, 2.24) is 5.32 Å². The molecule has 0 aromatic carbocycles. The van der Waals surface area contributed by atoms with Crippen LogP contribution in [0.5, 0.6) is 0 Å². The van der Waals surface area contributed by atoms with Crippen LogP contribution in [0.25, 0.3) is 0 Å². The van der Waals surface area contributed by atoms with Gasteiger partial charge in [-0.05, 0) is 25.9 Å². The first-order valence-electron chi connectivity index (χ1n) is 5.57. The van der Waals surface area contributed by atoms with Gasteiger partial charge < -0.3 is 14.8 Å². The molecule has 3 nitrogen and oxygen atoms in total. The monoisotopic (exact) mass is 201 g/mol. The fraction of sp³-hybridized carbons (Fsp3) is 1.00. The molecule has 0 saturated carbocycles. The molecular formula is C11H23NO2. The number of ether oxygens (including phenoxy) is 2. The Bertz CT molecular complexity index is 134. The van der Waals surface area contributed by atoms with Crippen LogP contribution in [-0.4, -0.2) is 39.5 Å². The molecule has 0 radical (unpaired) electrons. The van der Waals surface area contributed by atoms with Crippen LogP contribution < -0.4 is 5.32 Å². The van der Waals surface area contributed by atoms with Crippen LogP contribution in [0.15, 0.2) is 0 Å². The topological polar surface area (TPSA) is 30.5 Å². The summed E-state index contributed by atoms with van der Waals surface area (Å²) in [6, 6.07) is 0. The highest BCUT2D eigenvalue weighted by molar-refractivity contribution is 4.67. The number of hydrogen-bond acceptors (Lipinski definition) is 3. The van der Waals surface area contributed by atoms with Crippen molar-refractivity contribution in [2.45, 2.75) is 26.7 Å². The van der Waals surface area contributed by atoms with Gasteiger partial charge in [-0.3, -0.25) is 0 Å². The maximum atomic E-state index is 5.60. The third kappa shape index (κ3) is 5.58. The summed E-state index contributed by atoms with van der Waals surface area (Å²) in [5.41, 5.74) is 0.159. The molecule has 1 heterocycles. The van der Waals surface area contributed by atoms with Gasteiger partial charge in [0.05, 0.1) is 13.2 Å². The van der Waals surface area contributed by atoms with E-state index in [-0.39, 0.29) is 5.41 Å². The molecule has 0 bridgehead atoms. The van der Waals surface area contributed by atoms with Gasteiger partial charge >= 0.3 is 0 Å². The Morgan fingerprint density at radius 1 is 0.929 bits per heavy atom. The lowest BCUT2D eigenvalue weighted by molar-refractivity contribution is -0.00621. The van der Waals surface area contributed by atoms with E-state index in [4.69, 9.17) is 9.47 Å². The molecule has 0 amide bonds. The van der Waals surface area contributed by atoms with E-state index in [1.807, 2.05) is 0 Å². The minimum absolute atomic E-state index is 0.159. The molecule has 0 aromatic rings. The Morgan fingerprint density at radius 3 is 1.93 bits per heavy atom. The minimum Gasteiger partial charge on any atom is -0.381 e. The van der Waals surface area contributed by atoms with Crippen molar-refractivity contribution >= 4 is 0 Å². The lowest BCUT2D eigenvalue weighted by Gasteiger charge is -2.24. The van der Waals surface area contributed by atoms with Crippen LogP contribution in [0.1, 0.15) is 26.7 Å². The Hall–Kier alpha value is -0.120. The van der Waals surface area contributed by atoms with Gasteiger partial charge in [0.1, 0.15) is 0 Å². The van der Waals surface area contributed by atoms with Gasteiger partial charge in [-0.1, -0.05) is 13.8 Å². The molecule has 1 saturated heterocycles. The Kier molecular flexibility index (Phi) is 5.45. The Morgan fingerprint density at radius 2 is 1.43 bits per heavy atom. The molecule has 14 heavy (non-hydrogen) atoms. The Labute approximate surface area is 87.2 Å². The van der Waals surface area contributed by atoms with Gasteiger partial charge in [0.25, 0.3) is 0 Å². The molecule has 1 rings (SSSR count). The highest BCUT2D eigenvalue weighted by atomic mass is 16.5.